The number of carbonyl (C=O) groups excluding carboxylic acids is 1. The van der Waals surface area contributed by atoms with E-state index in [2.05, 4.69) is 63.0 Å². The molecule has 0 aliphatic carbocycles. The van der Waals surface area contributed by atoms with E-state index in [4.69, 9.17) is 0 Å². The maximum atomic E-state index is 14.2. The van der Waals surface area contributed by atoms with Crippen molar-refractivity contribution in [3.05, 3.63) is 75.8 Å². The van der Waals surface area contributed by atoms with Gasteiger partial charge in [-0.3, -0.25) is 4.79 Å². The summed E-state index contributed by atoms with van der Waals surface area (Å²) in [6.45, 7) is 12.5. The fourth-order valence-corrected chi connectivity index (χ4v) is 6.17. The number of benzene rings is 2. The van der Waals surface area contributed by atoms with Crippen molar-refractivity contribution in [2.45, 2.75) is 56.7 Å². The van der Waals surface area contributed by atoms with Gasteiger partial charge in [-0.2, -0.15) is 0 Å². The molecular formula is C25H27N3OS2. The third kappa shape index (κ3) is 4.19. The molecule has 0 bridgehead atoms. The van der Waals surface area contributed by atoms with Crippen LogP contribution in [-0.4, -0.2) is 21.6 Å². The number of hydrogen-bond acceptors (Lipinski definition) is 5. The molecule has 0 saturated heterocycles. The Hall–Kier alpha value is -2.44. The highest BCUT2D eigenvalue weighted by molar-refractivity contribution is 8.01. The lowest BCUT2D eigenvalue weighted by atomic mass is 9.86. The third-order valence-corrected chi connectivity index (χ3v) is 7.86. The number of hydrogen-bond donors (Lipinski definition) is 0. The van der Waals surface area contributed by atoms with E-state index in [1.807, 2.05) is 42.2 Å². The van der Waals surface area contributed by atoms with E-state index in [0.29, 0.717) is 0 Å². The molecule has 6 heteroatoms. The van der Waals surface area contributed by atoms with Crippen molar-refractivity contribution in [2.75, 3.05) is 4.90 Å². The van der Waals surface area contributed by atoms with Crippen LogP contribution in [0.3, 0.4) is 0 Å². The quantitative estimate of drug-likeness (QED) is 0.425. The smallest absolute Gasteiger partial charge is 0.245 e. The zero-order chi connectivity index (χ0) is 22.3. The lowest BCUT2D eigenvalue weighted by Crippen LogP contribution is -2.50. The standard InChI is InChI=1S/C25H27N3OS2/c1-15-12-20-17(3)14-25(5,6)28(21(20)13-16(15)2)23(29)22(19-10-8-7-9-11-19)31-24-27-26-18(4)30-24/h7-14,22H,1-6H3/t22-/m1/s1. The molecule has 4 nitrogen and oxygen atoms in total. The molecule has 3 aromatic rings. The first-order valence-electron chi connectivity index (χ1n) is 10.3. The topological polar surface area (TPSA) is 46.1 Å². The summed E-state index contributed by atoms with van der Waals surface area (Å²) in [6.07, 6.45) is 2.20. The Balaban J connectivity index is 1.83. The van der Waals surface area contributed by atoms with Crippen LogP contribution >= 0.6 is 23.1 Å². The number of aromatic nitrogens is 2. The summed E-state index contributed by atoms with van der Waals surface area (Å²) < 4.78 is 0.807. The maximum absolute atomic E-state index is 14.2. The predicted octanol–water partition coefficient (Wildman–Crippen LogP) is 6.53. The first-order valence-corrected chi connectivity index (χ1v) is 12.0. The summed E-state index contributed by atoms with van der Waals surface area (Å²) in [4.78, 5) is 16.2. The third-order valence-electron chi connectivity index (χ3n) is 5.70. The Bertz CT molecular complexity index is 1160. The molecule has 4 rings (SSSR count). The van der Waals surface area contributed by atoms with E-state index in [1.165, 1.54) is 39.8 Å². The van der Waals surface area contributed by atoms with Gasteiger partial charge in [0.15, 0.2) is 4.34 Å². The van der Waals surface area contributed by atoms with Gasteiger partial charge < -0.3 is 4.90 Å². The van der Waals surface area contributed by atoms with Gasteiger partial charge in [0.2, 0.25) is 5.91 Å². The largest absolute Gasteiger partial charge is 0.301 e. The van der Waals surface area contributed by atoms with Gasteiger partial charge in [0, 0.05) is 5.56 Å². The fraction of sp³-hybridized carbons (Fsp3) is 0.320. The van der Waals surface area contributed by atoms with Crippen molar-refractivity contribution in [1.82, 2.24) is 10.2 Å². The molecule has 0 unspecified atom stereocenters. The predicted molar refractivity (Wildman–Crippen MR) is 131 cm³/mol. The van der Waals surface area contributed by atoms with Gasteiger partial charge in [-0.15, -0.1) is 10.2 Å². The van der Waals surface area contributed by atoms with Crippen molar-refractivity contribution in [3.63, 3.8) is 0 Å². The molecule has 2 aromatic carbocycles. The monoisotopic (exact) mass is 449 g/mol. The molecule has 1 aromatic heterocycles. The SMILES string of the molecule is CC1=CC(C)(C)N(C(=O)[C@H](Sc2nnc(C)s2)c2ccccc2)c2cc(C)c(C)cc21. The number of fused-ring (bicyclic) bond motifs is 1. The molecule has 31 heavy (non-hydrogen) atoms. The molecule has 1 aliphatic rings. The molecule has 0 saturated carbocycles. The lowest BCUT2D eigenvalue weighted by Gasteiger charge is -2.43. The van der Waals surface area contributed by atoms with Crippen LogP contribution in [0.25, 0.3) is 5.57 Å². The average Bonchev–Trinajstić information content (AvgIpc) is 3.12. The van der Waals surface area contributed by atoms with Crippen LogP contribution in [0.15, 0.2) is 52.9 Å². The first-order chi connectivity index (χ1) is 14.7. The minimum absolute atomic E-state index is 0.0577. The van der Waals surface area contributed by atoms with Crippen LogP contribution in [0.4, 0.5) is 5.69 Å². The summed E-state index contributed by atoms with van der Waals surface area (Å²) in [6, 6.07) is 14.3. The average molecular weight is 450 g/mol. The maximum Gasteiger partial charge on any atom is 0.245 e. The van der Waals surface area contributed by atoms with Gasteiger partial charge >= 0.3 is 0 Å². The molecule has 0 fully saturated rings. The minimum atomic E-state index is -0.444. The zero-order valence-electron chi connectivity index (χ0n) is 18.8. The van der Waals surface area contributed by atoms with Crippen molar-refractivity contribution >= 4 is 40.3 Å². The Morgan fingerprint density at radius 3 is 2.35 bits per heavy atom. The van der Waals surface area contributed by atoms with Gasteiger partial charge in [0.05, 0.1) is 11.2 Å². The molecule has 1 atom stereocenters. The van der Waals surface area contributed by atoms with E-state index >= 15 is 0 Å². The van der Waals surface area contributed by atoms with Crippen molar-refractivity contribution in [3.8, 4) is 0 Å². The van der Waals surface area contributed by atoms with E-state index in [1.54, 1.807) is 0 Å². The summed E-state index contributed by atoms with van der Waals surface area (Å²) in [7, 11) is 0. The van der Waals surface area contributed by atoms with Crippen LogP contribution in [-0.2, 0) is 4.79 Å². The van der Waals surface area contributed by atoms with Gasteiger partial charge in [0.25, 0.3) is 0 Å². The van der Waals surface area contributed by atoms with Crippen LogP contribution in [0.1, 0.15) is 53.3 Å². The normalized spacial score (nSPS) is 15.9. The molecule has 2 heterocycles. The van der Waals surface area contributed by atoms with Crippen molar-refractivity contribution < 1.29 is 4.79 Å². The highest BCUT2D eigenvalue weighted by Crippen LogP contribution is 2.45. The second-order valence-corrected chi connectivity index (χ2v) is 11.1. The number of anilines is 1. The molecule has 1 amide bonds. The summed E-state index contributed by atoms with van der Waals surface area (Å²) in [5, 5.41) is 8.91. The first kappa shape index (κ1) is 21.8. The molecule has 0 N–H and O–H groups in total. The van der Waals surface area contributed by atoms with Gasteiger partial charge in [0.1, 0.15) is 10.3 Å². The van der Waals surface area contributed by atoms with Crippen molar-refractivity contribution in [2.24, 2.45) is 0 Å². The zero-order valence-corrected chi connectivity index (χ0v) is 20.4. The number of aryl methyl sites for hydroxylation is 3. The summed E-state index contributed by atoms with van der Waals surface area (Å²) >= 11 is 3.00. The number of allylic oxidation sites excluding steroid dienone is 1. The highest BCUT2D eigenvalue weighted by Gasteiger charge is 2.40. The Morgan fingerprint density at radius 1 is 1.03 bits per heavy atom. The lowest BCUT2D eigenvalue weighted by molar-refractivity contribution is -0.119. The van der Waals surface area contributed by atoms with Gasteiger partial charge in [-0.05, 0) is 75.9 Å². The number of amides is 1. The van der Waals surface area contributed by atoms with Crippen LogP contribution in [0.5, 0.6) is 0 Å². The molecule has 0 spiro atoms. The van der Waals surface area contributed by atoms with E-state index < -0.39 is 10.8 Å². The van der Waals surface area contributed by atoms with Gasteiger partial charge in [-0.1, -0.05) is 59.5 Å². The number of nitrogens with zero attached hydrogens (tertiary/aromatic N) is 3. The van der Waals surface area contributed by atoms with E-state index in [9.17, 15) is 4.79 Å². The van der Waals surface area contributed by atoms with E-state index in [0.717, 1.165) is 26.2 Å². The van der Waals surface area contributed by atoms with Gasteiger partial charge in [-0.25, -0.2) is 0 Å². The van der Waals surface area contributed by atoms with Crippen LogP contribution in [0, 0.1) is 20.8 Å². The Labute approximate surface area is 192 Å². The number of rotatable bonds is 4. The second kappa shape index (κ2) is 8.24. The minimum Gasteiger partial charge on any atom is -0.301 e. The summed E-state index contributed by atoms with van der Waals surface area (Å²) in [5.74, 6) is 0.0577. The van der Waals surface area contributed by atoms with Crippen molar-refractivity contribution in [1.29, 1.82) is 0 Å². The summed E-state index contributed by atoms with van der Waals surface area (Å²) in [5.41, 5.74) is 6.25. The van der Waals surface area contributed by atoms with Crippen LogP contribution < -0.4 is 4.90 Å². The number of carbonyl (C=O) groups is 1. The second-order valence-electron chi connectivity index (χ2n) is 8.60. The Kier molecular flexibility index (Phi) is 5.79. The molecular weight excluding hydrogens is 422 g/mol. The van der Waals surface area contributed by atoms with E-state index in [-0.39, 0.29) is 5.91 Å². The molecule has 0 radical (unpaired) electrons. The molecule has 1 aliphatic heterocycles. The Morgan fingerprint density at radius 2 is 1.71 bits per heavy atom. The fourth-order valence-electron chi connectivity index (χ4n) is 4.12. The highest BCUT2D eigenvalue weighted by atomic mass is 32.2. The van der Waals surface area contributed by atoms with Crippen LogP contribution in [0.2, 0.25) is 0 Å². The molecule has 160 valence electrons. The number of thioether (sulfide) groups is 1.